The topological polar surface area (TPSA) is 168 Å². The number of carbonyl (C=O) groups excluding carboxylic acids is 5. The second-order valence-corrected chi connectivity index (χ2v) is 15.8. The molecule has 8 aromatic carbocycles. The van der Waals surface area contributed by atoms with Crippen molar-refractivity contribution in [1.29, 1.82) is 0 Å². The van der Waals surface area contributed by atoms with Crippen LogP contribution in [0.25, 0.3) is 0 Å². The van der Waals surface area contributed by atoms with Crippen LogP contribution in [-0.4, -0.2) is 58.1 Å². The molecule has 0 heterocycles. The third-order valence-corrected chi connectivity index (χ3v) is 11.0. The van der Waals surface area contributed by atoms with Gasteiger partial charge in [-0.1, -0.05) is 72.5 Å². The van der Waals surface area contributed by atoms with Crippen molar-refractivity contribution in [3.8, 4) is 63.6 Å². The normalized spacial score (nSPS) is 10.4. The number of methoxy groups -OCH3 is 4. The van der Waals surface area contributed by atoms with Gasteiger partial charge in [0.15, 0.2) is 17.3 Å². The van der Waals surface area contributed by atoms with Gasteiger partial charge in [0.1, 0.15) is 58.0 Å². The van der Waals surface area contributed by atoms with E-state index in [1.54, 1.807) is 84.9 Å². The average Bonchev–Trinajstić information content (AvgIpc) is 3.44. The van der Waals surface area contributed by atoms with Gasteiger partial charge >= 0.3 is 23.9 Å². The Morgan fingerprint density at radius 3 is 1.16 bits per heavy atom. The summed E-state index contributed by atoms with van der Waals surface area (Å²) in [5, 5.41) is 0. The van der Waals surface area contributed by atoms with Crippen LogP contribution in [-0.2, 0) is 6.61 Å². The molecule has 14 heteroatoms. The van der Waals surface area contributed by atoms with Crippen LogP contribution in [0.3, 0.4) is 0 Å². The highest BCUT2D eigenvalue weighted by Crippen LogP contribution is 2.36. The monoisotopic (exact) mass is 988 g/mol. The maximum atomic E-state index is 13.3. The Morgan fingerprint density at radius 1 is 0.351 bits per heavy atom. The maximum Gasteiger partial charge on any atom is 0.347 e. The molecule has 368 valence electrons. The van der Waals surface area contributed by atoms with Crippen LogP contribution < -0.4 is 42.6 Å². The van der Waals surface area contributed by atoms with Gasteiger partial charge in [-0.2, -0.15) is 0 Å². The summed E-state index contributed by atoms with van der Waals surface area (Å²) in [6, 6.07) is 49.0. The number of benzene rings is 8. The van der Waals surface area contributed by atoms with Crippen molar-refractivity contribution in [3.63, 3.8) is 0 Å². The van der Waals surface area contributed by atoms with E-state index < -0.39 is 23.9 Å². The molecule has 0 unspecified atom stereocenters. The van der Waals surface area contributed by atoms with Crippen LogP contribution in [0, 0.1) is 11.8 Å². The fourth-order valence-corrected chi connectivity index (χ4v) is 7.19. The standard InChI is InChI=1S/C60H44O14/c1-66-51-34-49(52(67-2)33-48(51)56(61)41-13-9-6-10-14-41)59(64)73-46-29-21-42(22-30-46)57(62)71-44-25-17-38(18-26-44)15-16-39-19-27-45(28-20-39)72-58(63)43-23-31-47(32-24-43)74-60(65)50-35-54(69-4)55(36-53(50)68-3)70-37-40-11-7-5-8-12-40/h5-14,17-36H,37H2,1-4H3. The molecule has 0 aliphatic heterocycles. The minimum absolute atomic E-state index is 0.0293. The lowest BCUT2D eigenvalue weighted by atomic mass is 10.00. The van der Waals surface area contributed by atoms with Crippen LogP contribution in [0.1, 0.15) is 74.0 Å². The van der Waals surface area contributed by atoms with E-state index in [2.05, 4.69) is 11.8 Å². The minimum Gasteiger partial charge on any atom is -0.496 e. The average molecular weight is 989 g/mol. The molecule has 0 aliphatic rings. The van der Waals surface area contributed by atoms with E-state index in [9.17, 15) is 24.0 Å². The van der Waals surface area contributed by atoms with Gasteiger partial charge in [-0.3, -0.25) is 4.79 Å². The number of esters is 4. The van der Waals surface area contributed by atoms with E-state index in [1.807, 2.05) is 30.3 Å². The van der Waals surface area contributed by atoms with E-state index in [0.29, 0.717) is 28.2 Å². The lowest BCUT2D eigenvalue weighted by Crippen LogP contribution is -2.13. The summed E-state index contributed by atoms with van der Waals surface area (Å²) in [5.41, 5.74) is 3.47. The molecule has 0 N–H and O–H groups in total. The number of ketones is 1. The van der Waals surface area contributed by atoms with Gasteiger partial charge in [0.2, 0.25) is 0 Å². The molecule has 0 aliphatic carbocycles. The zero-order valence-electron chi connectivity index (χ0n) is 40.2. The van der Waals surface area contributed by atoms with Gasteiger partial charge in [-0.05, 0) is 115 Å². The highest BCUT2D eigenvalue weighted by molar-refractivity contribution is 6.12. The molecule has 74 heavy (non-hydrogen) atoms. The molecule has 0 radical (unpaired) electrons. The van der Waals surface area contributed by atoms with Gasteiger partial charge < -0.3 is 42.6 Å². The summed E-state index contributed by atoms with van der Waals surface area (Å²) in [7, 11) is 5.66. The smallest absolute Gasteiger partial charge is 0.347 e. The molecule has 14 nitrogen and oxygen atoms in total. The first-order chi connectivity index (χ1) is 36.0. The van der Waals surface area contributed by atoms with E-state index in [1.165, 1.54) is 95.2 Å². The van der Waals surface area contributed by atoms with Crippen molar-refractivity contribution in [2.24, 2.45) is 0 Å². The van der Waals surface area contributed by atoms with Crippen LogP contribution in [0.15, 0.2) is 182 Å². The van der Waals surface area contributed by atoms with Gasteiger partial charge in [0.25, 0.3) is 0 Å². The third-order valence-electron chi connectivity index (χ3n) is 11.0. The summed E-state index contributed by atoms with van der Waals surface area (Å²) < 4.78 is 50.0. The van der Waals surface area contributed by atoms with Gasteiger partial charge in [0.05, 0.1) is 45.1 Å². The van der Waals surface area contributed by atoms with Crippen LogP contribution in [0.4, 0.5) is 0 Å². The summed E-state index contributed by atoms with van der Waals surface area (Å²) >= 11 is 0. The Labute approximate surface area is 425 Å². The van der Waals surface area contributed by atoms with E-state index >= 15 is 0 Å². The number of hydrogen-bond acceptors (Lipinski definition) is 14. The summed E-state index contributed by atoms with van der Waals surface area (Å²) in [4.78, 5) is 65.7. The Kier molecular flexibility index (Phi) is 16.1. The molecule has 0 spiro atoms. The van der Waals surface area contributed by atoms with Crippen LogP contribution in [0.2, 0.25) is 0 Å². The fraction of sp³-hybridized carbons (Fsp3) is 0.0833. The van der Waals surface area contributed by atoms with Crippen molar-refractivity contribution in [1.82, 2.24) is 0 Å². The molecule has 0 aromatic heterocycles. The Morgan fingerprint density at radius 2 is 0.716 bits per heavy atom. The number of ether oxygens (including phenoxy) is 9. The molecular weight excluding hydrogens is 945 g/mol. The number of hydrogen-bond donors (Lipinski definition) is 0. The molecule has 0 amide bonds. The van der Waals surface area contributed by atoms with Crippen molar-refractivity contribution in [3.05, 3.63) is 232 Å². The second kappa shape index (κ2) is 23.7. The Hall–Kier alpha value is -10.1. The van der Waals surface area contributed by atoms with Gasteiger partial charge in [-0.15, -0.1) is 0 Å². The summed E-state index contributed by atoms with van der Waals surface area (Å²) in [6.07, 6.45) is 0. The molecule has 0 fully saturated rings. The highest BCUT2D eigenvalue weighted by Gasteiger charge is 2.24. The Balaban J connectivity index is 0.807. The maximum absolute atomic E-state index is 13.3. The van der Waals surface area contributed by atoms with E-state index in [-0.39, 0.29) is 80.5 Å². The molecule has 0 bridgehead atoms. The predicted octanol–water partition coefficient (Wildman–Crippen LogP) is 10.8. The number of carbonyl (C=O) groups is 5. The van der Waals surface area contributed by atoms with Crippen molar-refractivity contribution < 1.29 is 66.6 Å². The zero-order valence-corrected chi connectivity index (χ0v) is 40.2. The first-order valence-corrected chi connectivity index (χ1v) is 22.6. The summed E-state index contributed by atoms with van der Waals surface area (Å²) in [6.45, 7) is 0.282. The summed E-state index contributed by atoms with van der Waals surface area (Å²) in [5.74, 6) is 5.16. The Bertz CT molecular complexity index is 3380. The molecule has 8 aromatic rings. The minimum atomic E-state index is -0.770. The first-order valence-electron chi connectivity index (χ1n) is 22.6. The molecule has 0 saturated carbocycles. The molecule has 8 rings (SSSR count). The largest absolute Gasteiger partial charge is 0.496 e. The van der Waals surface area contributed by atoms with E-state index in [4.69, 9.17) is 42.6 Å². The van der Waals surface area contributed by atoms with Gasteiger partial charge in [0, 0.05) is 28.8 Å². The van der Waals surface area contributed by atoms with Crippen LogP contribution in [0.5, 0.6) is 51.7 Å². The van der Waals surface area contributed by atoms with Gasteiger partial charge in [-0.25, -0.2) is 19.2 Å². The predicted molar refractivity (Wildman–Crippen MR) is 271 cm³/mol. The van der Waals surface area contributed by atoms with Crippen molar-refractivity contribution in [2.75, 3.05) is 28.4 Å². The molecular formula is C60H44O14. The fourth-order valence-electron chi connectivity index (χ4n) is 7.19. The third kappa shape index (κ3) is 12.4. The van der Waals surface area contributed by atoms with Crippen LogP contribution >= 0.6 is 0 Å². The lowest BCUT2D eigenvalue weighted by Gasteiger charge is -2.15. The highest BCUT2D eigenvalue weighted by atomic mass is 16.6. The first kappa shape index (κ1) is 50.3. The number of rotatable bonds is 17. The van der Waals surface area contributed by atoms with Crippen molar-refractivity contribution >= 4 is 29.7 Å². The quantitative estimate of drug-likeness (QED) is 0.0366. The second-order valence-electron chi connectivity index (χ2n) is 15.8. The molecule has 0 saturated heterocycles. The molecule has 0 atom stereocenters. The van der Waals surface area contributed by atoms with E-state index in [0.717, 1.165) is 5.56 Å². The van der Waals surface area contributed by atoms with Crippen molar-refractivity contribution in [2.45, 2.75) is 6.61 Å². The SMILES string of the molecule is COc1cc(C(=O)Oc2ccc(C(=O)Oc3ccc(C#Cc4ccc(OC(=O)c5ccc(OC(=O)c6cc(OC)c(C(=O)c7ccccc7)cc6OC)cc5)cc4)cc3)cc2)c(OC)cc1OCc1ccccc1. The zero-order chi connectivity index (χ0) is 52.0. The lowest BCUT2D eigenvalue weighted by molar-refractivity contribution is 0.0717.